The van der Waals surface area contributed by atoms with E-state index in [4.69, 9.17) is 5.11 Å². The first-order valence-corrected chi connectivity index (χ1v) is 4.51. The number of aliphatic hydroxyl groups is 1. The lowest BCUT2D eigenvalue weighted by atomic mass is 10.2. The maximum Gasteiger partial charge on any atom is 0.0446 e. The predicted octanol–water partition coefficient (Wildman–Crippen LogP) is 0.0738. The van der Waals surface area contributed by atoms with Gasteiger partial charge in [-0.25, -0.2) is 0 Å². The van der Waals surface area contributed by atoms with Crippen molar-refractivity contribution in [2.75, 3.05) is 24.7 Å². The third kappa shape index (κ3) is 2.56. The Labute approximate surface area is 60.0 Å². The lowest BCUT2D eigenvalue weighted by Gasteiger charge is -2.21. The normalized spacial score (nSPS) is 28.3. The van der Waals surface area contributed by atoms with Crippen LogP contribution in [0.5, 0.6) is 0 Å². The van der Waals surface area contributed by atoms with Gasteiger partial charge in [0, 0.05) is 30.7 Å². The van der Waals surface area contributed by atoms with Crippen LogP contribution in [0.1, 0.15) is 6.42 Å². The molecule has 0 aromatic heterocycles. The molecule has 2 N–H and O–H groups in total. The van der Waals surface area contributed by atoms with Crippen LogP contribution >= 0.6 is 11.8 Å². The van der Waals surface area contributed by atoms with Gasteiger partial charge in [0.05, 0.1) is 0 Å². The first-order valence-electron chi connectivity index (χ1n) is 3.35. The summed E-state index contributed by atoms with van der Waals surface area (Å²) in [6.07, 6.45) is 0.910. The summed E-state index contributed by atoms with van der Waals surface area (Å²) >= 11 is 1.97. The monoisotopic (exact) mass is 147 g/mol. The van der Waals surface area contributed by atoms with E-state index in [1.807, 2.05) is 11.8 Å². The minimum absolute atomic E-state index is 0.318. The van der Waals surface area contributed by atoms with Crippen LogP contribution in [-0.2, 0) is 0 Å². The smallest absolute Gasteiger partial charge is 0.0446 e. The Morgan fingerprint density at radius 1 is 1.67 bits per heavy atom. The van der Waals surface area contributed by atoms with E-state index in [9.17, 15) is 0 Å². The van der Waals surface area contributed by atoms with Crippen LogP contribution in [0.15, 0.2) is 0 Å². The van der Waals surface area contributed by atoms with Crippen LogP contribution in [0.4, 0.5) is 0 Å². The summed E-state index contributed by atoms with van der Waals surface area (Å²) in [5.41, 5.74) is 0. The van der Waals surface area contributed by atoms with E-state index in [1.165, 1.54) is 11.5 Å². The topological polar surface area (TPSA) is 32.3 Å². The molecule has 54 valence electrons. The average Bonchev–Trinajstić information content (AvgIpc) is 1.91. The molecule has 1 aliphatic heterocycles. The molecule has 0 aromatic rings. The third-order valence-corrected chi connectivity index (χ3v) is 2.61. The van der Waals surface area contributed by atoms with Gasteiger partial charge in [-0.15, -0.1) is 0 Å². The predicted molar refractivity (Wildman–Crippen MR) is 40.8 cm³/mol. The first-order chi connectivity index (χ1) is 4.43. The fraction of sp³-hybridized carbons (Fsp3) is 1.00. The van der Waals surface area contributed by atoms with Gasteiger partial charge < -0.3 is 10.4 Å². The van der Waals surface area contributed by atoms with E-state index in [0.29, 0.717) is 12.6 Å². The number of rotatable bonds is 2. The van der Waals surface area contributed by atoms with Gasteiger partial charge in [-0.3, -0.25) is 0 Å². The maximum atomic E-state index is 8.57. The standard InChI is InChI=1S/C6H13NOS/c8-3-1-6-5-9-4-2-7-6/h6-8H,1-5H2/t6-/m1/s1. The number of nitrogens with one attached hydrogen (secondary N) is 1. The molecule has 0 aliphatic carbocycles. The van der Waals surface area contributed by atoms with E-state index in [0.717, 1.165) is 13.0 Å². The van der Waals surface area contributed by atoms with E-state index in [-0.39, 0.29) is 0 Å². The van der Waals surface area contributed by atoms with E-state index < -0.39 is 0 Å². The number of hydrogen-bond donors (Lipinski definition) is 2. The van der Waals surface area contributed by atoms with E-state index in [1.54, 1.807) is 0 Å². The Kier molecular flexibility index (Phi) is 3.40. The summed E-state index contributed by atoms with van der Waals surface area (Å²) < 4.78 is 0. The highest BCUT2D eigenvalue weighted by Gasteiger charge is 2.10. The molecule has 0 saturated carbocycles. The van der Waals surface area contributed by atoms with Crippen LogP contribution < -0.4 is 5.32 Å². The Morgan fingerprint density at radius 3 is 3.11 bits per heavy atom. The lowest BCUT2D eigenvalue weighted by molar-refractivity contribution is 0.270. The molecule has 1 heterocycles. The second-order valence-electron chi connectivity index (χ2n) is 2.24. The molecule has 0 bridgehead atoms. The van der Waals surface area contributed by atoms with Crippen molar-refractivity contribution in [1.82, 2.24) is 5.32 Å². The van der Waals surface area contributed by atoms with Gasteiger partial charge in [-0.1, -0.05) is 0 Å². The highest BCUT2D eigenvalue weighted by Crippen LogP contribution is 2.09. The van der Waals surface area contributed by atoms with Crippen LogP contribution in [0.2, 0.25) is 0 Å². The molecular formula is C6H13NOS. The highest BCUT2D eigenvalue weighted by atomic mass is 32.2. The van der Waals surface area contributed by atoms with Crippen molar-refractivity contribution in [1.29, 1.82) is 0 Å². The van der Waals surface area contributed by atoms with Crippen LogP contribution in [0.3, 0.4) is 0 Å². The summed E-state index contributed by atoms with van der Waals surface area (Å²) in [6.45, 7) is 1.42. The third-order valence-electron chi connectivity index (χ3n) is 1.48. The van der Waals surface area contributed by atoms with Gasteiger partial charge in [-0.2, -0.15) is 11.8 Å². The minimum atomic E-state index is 0.318. The van der Waals surface area contributed by atoms with Gasteiger partial charge >= 0.3 is 0 Å². The SMILES string of the molecule is OCC[C@@H]1CSCCN1. The van der Waals surface area contributed by atoms with Crippen molar-refractivity contribution < 1.29 is 5.11 Å². The Hall–Kier alpha value is 0.270. The van der Waals surface area contributed by atoms with Crippen molar-refractivity contribution in [2.45, 2.75) is 12.5 Å². The minimum Gasteiger partial charge on any atom is -0.396 e. The summed E-state index contributed by atoms with van der Waals surface area (Å²) in [5, 5.41) is 11.9. The van der Waals surface area contributed by atoms with Gasteiger partial charge in [-0.05, 0) is 6.42 Å². The average molecular weight is 147 g/mol. The summed E-state index contributed by atoms with van der Waals surface area (Å²) in [5.74, 6) is 2.39. The lowest BCUT2D eigenvalue weighted by Crippen LogP contribution is -2.37. The van der Waals surface area contributed by atoms with Crippen molar-refractivity contribution in [3.05, 3.63) is 0 Å². The summed E-state index contributed by atoms with van der Waals surface area (Å²) in [6, 6.07) is 0.564. The molecule has 1 aliphatic rings. The molecule has 3 heteroatoms. The van der Waals surface area contributed by atoms with E-state index in [2.05, 4.69) is 5.32 Å². The molecule has 0 aromatic carbocycles. The summed E-state index contributed by atoms with van der Waals surface area (Å²) in [7, 11) is 0. The van der Waals surface area contributed by atoms with Crippen molar-refractivity contribution in [3.63, 3.8) is 0 Å². The molecule has 0 unspecified atom stereocenters. The molecule has 2 nitrogen and oxygen atoms in total. The van der Waals surface area contributed by atoms with Crippen molar-refractivity contribution in [2.24, 2.45) is 0 Å². The zero-order chi connectivity index (χ0) is 6.53. The first kappa shape index (κ1) is 7.38. The van der Waals surface area contributed by atoms with Gasteiger partial charge in [0.15, 0.2) is 0 Å². The molecule has 1 atom stereocenters. The fourth-order valence-electron chi connectivity index (χ4n) is 0.961. The molecule has 0 amide bonds. The molecular weight excluding hydrogens is 134 g/mol. The van der Waals surface area contributed by atoms with Gasteiger partial charge in [0.2, 0.25) is 0 Å². The number of aliphatic hydroxyl groups excluding tert-OH is 1. The fourth-order valence-corrected chi connectivity index (χ4v) is 1.96. The van der Waals surface area contributed by atoms with Gasteiger partial charge in [0.1, 0.15) is 0 Å². The van der Waals surface area contributed by atoms with Crippen molar-refractivity contribution in [3.8, 4) is 0 Å². The van der Waals surface area contributed by atoms with Gasteiger partial charge in [0.25, 0.3) is 0 Å². The Bertz CT molecular complexity index is 70.7. The second-order valence-corrected chi connectivity index (χ2v) is 3.39. The second kappa shape index (κ2) is 4.14. The largest absolute Gasteiger partial charge is 0.396 e. The summed E-state index contributed by atoms with van der Waals surface area (Å²) in [4.78, 5) is 0. The van der Waals surface area contributed by atoms with Crippen molar-refractivity contribution >= 4 is 11.8 Å². The molecule has 1 fully saturated rings. The highest BCUT2D eigenvalue weighted by molar-refractivity contribution is 7.99. The zero-order valence-corrected chi connectivity index (χ0v) is 6.28. The molecule has 0 radical (unpaired) electrons. The van der Waals surface area contributed by atoms with E-state index >= 15 is 0 Å². The van der Waals surface area contributed by atoms with Crippen LogP contribution in [0, 0.1) is 0 Å². The van der Waals surface area contributed by atoms with Crippen LogP contribution in [0.25, 0.3) is 0 Å². The number of thioether (sulfide) groups is 1. The van der Waals surface area contributed by atoms with Crippen LogP contribution in [-0.4, -0.2) is 35.8 Å². The maximum absolute atomic E-state index is 8.57. The quantitative estimate of drug-likeness (QED) is 0.580. The number of hydrogen-bond acceptors (Lipinski definition) is 3. The Morgan fingerprint density at radius 2 is 2.56 bits per heavy atom. The molecule has 1 rings (SSSR count). The molecule has 1 saturated heterocycles. The Balaban J connectivity index is 2.08. The molecule has 0 spiro atoms. The zero-order valence-electron chi connectivity index (χ0n) is 5.47. The molecule has 9 heavy (non-hydrogen) atoms.